The van der Waals surface area contributed by atoms with Crippen molar-refractivity contribution in [2.45, 2.75) is 19.4 Å². The zero-order valence-corrected chi connectivity index (χ0v) is 11.5. The predicted molar refractivity (Wildman–Crippen MR) is 74.3 cm³/mol. The fourth-order valence-corrected chi connectivity index (χ4v) is 2.01. The number of carbonyl (C=O) groups excluding carboxylic acids is 1. The maximum Gasteiger partial charge on any atom is 0.254 e. The van der Waals surface area contributed by atoms with Crippen molar-refractivity contribution in [1.29, 1.82) is 5.26 Å². The molecular weight excluding hydrogens is 256 g/mol. The first-order chi connectivity index (χ1) is 9.74. The number of nitriles is 1. The molecule has 1 atom stereocenters. The third kappa shape index (κ3) is 3.45. The van der Waals surface area contributed by atoms with Gasteiger partial charge in [0.05, 0.1) is 19.2 Å². The Labute approximate surface area is 118 Å². The highest BCUT2D eigenvalue weighted by atomic mass is 16.5. The molecule has 1 aliphatic rings. The molecule has 1 unspecified atom stereocenters. The molecule has 20 heavy (non-hydrogen) atoms. The largest absolute Gasteiger partial charge is 0.370 e. The van der Waals surface area contributed by atoms with Crippen LogP contribution in [0, 0.1) is 11.3 Å². The van der Waals surface area contributed by atoms with Crippen molar-refractivity contribution >= 4 is 11.7 Å². The van der Waals surface area contributed by atoms with Gasteiger partial charge >= 0.3 is 0 Å². The van der Waals surface area contributed by atoms with E-state index in [0.717, 1.165) is 13.0 Å². The summed E-state index contributed by atoms with van der Waals surface area (Å²) in [6.45, 7) is 4.11. The van der Waals surface area contributed by atoms with Crippen LogP contribution in [0.5, 0.6) is 0 Å². The van der Waals surface area contributed by atoms with E-state index < -0.39 is 6.10 Å². The van der Waals surface area contributed by atoms with Gasteiger partial charge in [0.25, 0.3) is 5.91 Å². The first kappa shape index (κ1) is 14.3. The molecule has 0 saturated carbocycles. The number of amides is 1. The van der Waals surface area contributed by atoms with E-state index in [1.165, 1.54) is 0 Å². The lowest BCUT2D eigenvalue weighted by atomic mass is 10.2. The quantitative estimate of drug-likeness (QED) is 0.894. The Balaban J connectivity index is 2.06. The van der Waals surface area contributed by atoms with Crippen LogP contribution in [0.1, 0.15) is 23.7 Å². The molecule has 6 nitrogen and oxygen atoms in total. The van der Waals surface area contributed by atoms with E-state index in [0.29, 0.717) is 31.1 Å². The van der Waals surface area contributed by atoms with Crippen LogP contribution in [-0.4, -0.2) is 48.1 Å². The number of carbonyl (C=O) groups is 1. The van der Waals surface area contributed by atoms with E-state index in [2.05, 4.69) is 17.2 Å². The average Bonchev–Trinajstić information content (AvgIpc) is 2.52. The van der Waals surface area contributed by atoms with Crippen molar-refractivity contribution in [3.63, 3.8) is 0 Å². The van der Waals surface area contributed by atoms with Gasteiger partial charge in [-0.25, -0.2) is 4.98 Å². The van der Waals surface area contributed by atoms with Crippen LogP contribution in [0.3, 0.4) is 0 Å². The molecule has 1 fully saturated rings. The van der Waals surface area contributed by atoms with Crippen LogP contribution in [0.2, 0.25) is 0 Å². The Kier molecular flexibility index (Phi) is 4.91. The summed E-state index contributed by atoms with van der Waals surface area (Å²) in [6.07, 6.45) is 2.08. The Morgan fingerprint density at radius 3 is 3.30 bits per heavy atom. The summed E-state index contributed by atoms with van der Waals surface area (Å²) < 4.78 is 5.24. The van der Waals surface area contributed by atoms with Gasteiger partial charge in [0.15, 0.2) is 6.10 Å². The molecule has 1 aromatic rings. The van der Waals surface area contributed by atoms with Gasteiger partial charge in [-0.2, -0.15) is 5.26 Å². The van der Waals surface area contributed by atoms with Crippen molar-refractivity contribution in [3.05, 3.63) is 23.9 Å². The van der Waals surface area contributed by atoms with Gasteiger partial charge in [0, 0.05) is 24.8 Å². The number of ether oxygens (including phenoxy) is 1. The number of rotatable bonds is 4. The molecule has 0 aliphatic carbocycles. The third-order valence-corrected chi connectivity index (χ3v) is 3.06. The zero-order chi connectivity index (χ0) is 14.4. The summed E-state index contributed by atoms with van der Waals surface area (Å²) in [5, 5.41) is 12.0. The van der Waals surface area contributed by atoms with Crippen LogP contribution in [0.25, 0.3) is 0 Å². The summed E-state index contributed by atoms with van der Waals surface area (Å²) in [5.74, 6) is 0.610. The number of anilines is 1. The van der Waals surface area contributed by atoms with Crippen molar-refractivity contribution in [2.24, 2.45) is 0 Å². The predicted octanol–water partition coefficient (Wildman–Crippen LogP) is 1.27. The molecule has 2 rings (SSSR count). The number of nitrogens with one attached hydrogen (secondary N) is 1. The Hall–Kier alpha value is -2.13. The van der Waals surface area contributed by atoms with Gasteiger partial charge < -0.3 is 15.0 Å². The number of morpholine rings is 1. The standard InChI is InChI=1S/C14H18N4O2/c1-2-4-16-13-8-11(3-5-17-13)14(19)18-6-7-20-12(9-15)10-18/h3,5,8,12H,2,4,6-7,10H2,1H3,(H,16,17). The lowest BCUT2D eigenvalue weighted by molar-refractivity contribution is 0.00346. The minimum absolute atomic E-state index is 0.0875. The second kappa shape index (κ2) is 6.87. The highest BCUT2D eigenvalue weighted by Gasteiger charge is 2.24. The van der Waals surface area contributed by atoms with Crippen LogP contribution in [0.15, 0.2) is 18.3 Å². The van der Waals surface area contributed by atoms with Crippen LogP contribution < -0.4 is 5.32 Å². The van der Waals surface area contributed by atoms with Gasteiger partial charge in [-0.05, 0) is 18.6 Å². The van der Waals surface area contributed by atoms with Gasteiger partial charge in [-0.3, -0.25) is 4.79 Å². The molecule has 1 saturated heterocycles. The summed E-state index contributed by atoms with van der Waals surface area (Å²) >= 11 is 0. The van der Waals surface area contributed by atoms with E-state index in [1.54, 1.807) is 23.2 Å². The van der Waals surface area contributed by atoms with E-state index >= 15 is 0 Å². The minimum Gasteiger partial charge on any atom is -0.370 e. The average molecular weight is 274 g/mol. The van der Waals surface area contributed by atoms with Gasteiger partial charge in [0.1, 0.15) is 5.82 Å². The number of nitrogens with zero attached hydrogens (tertiary/aromatic N) is 3. The van der Waals surface area contributed by atoms with Crippen LogP contribution >= 0.6 is 0 Å². The molecule has 1 aromatic heterocycles. The molecule has 0 bridgehead atoms. The van der Waals surface area contributed by atoms with Crippen molar-refractivity contribution < 1.29 is 9.53 Å². The summed E-state index contributed by atoms with van der Waals surface area (Å²) in [7, 11) is 0. The first-order valence-corrected chi connectivity index (χ1v) is 6.75. The molecule has 1 amide bonds. The summed E-state index contributed by atoms with van der Waals surface area (Å²) in [6, 6.07) is 5.47. The third-order valence-electron chi connectivity index (χ3n) is 3.06. The summed E-state index contributed by atoms with van der Waals surface area (Å²) in [5.41, 5.74) is 0.581. The van der Waals surface area contributed by atoms with Crippen molar-refractivity contribution in [3.8, 4) is 6.07 Å². The molecule has 0 radical (unpaired) electrons. The van der Waals surface area contributed by atoms with Gasteiger partial charge in [0.2, 0.25) is 0 Å². The normalized spacial score (nSPS) is 18.4. The van der Waals surface area contributed by atoms with E-state index in [1.807, 2.05) is 6.07 Å². The lowest BCUT2D eigenvalue weighted by Gasteiger charge is -2.29. The molecule has 0 aromatic carbocycles. The SMILES string of the molecule is CCCNc1cc(C(=O)N2CCOC(C#N)C2)ccn1. The second-order valence-corrected chi connectivity index (χ2v) is 4.60. The first-order valence-electron chi connectivity index (χ1n) is 6.75. The van der Waals surface area contributed by atoms with E-state index in [-0.39, 0.29) is 5.91 Å². The van der Waals surface area contributed by atoms with E-state index in [4.69, 9.17) is 10.00 Å². The highest BCUT2D eigenvalue weighted by Crippen LogP contribution is 2.13. The Morgan fingerprint density at radius 1 is 1.70 bits per heavy atom. The molecule has 6 heteroatoms. The van der Waals surface area contributed by atoms with Crippen molar-refractivity contribution in [1.82, 2.24) is 9.88 Å². The second-order valence-electron chi connectivity index (χ2n) is 4.60. The monoisotopic (exact) mass is 274 g/mol. The smallest absolute Gasteiger partial charge is 0.254 e. The molecule has 2 heterocycles. The van der Waals surface area contributed by atoms with Crippen LogP contribution in [-0.2, 0) is 4.74 Å². The molecule has 1 aliphatic heterocycles. The fraction of sp³-hybridized carbons (Fsp3) is 0.500. The number of hydrogen-bond acceptors (Lipinski definition) is 5. The maximum absolute atomic E-state index is 12.4. The number of hydrogen-bond donors (Lipinski definition) is 1. The Bertz CT molecular complexity index is 512. The molecular formula is C14H18N4O2. The number of aromatic nitrogens is 1. The van der Waals surface area contributed by atoms with Crippen molar-refractivity contribution in [2.75, 3.05) is 31.6 Å². The number of pyridine rings is 1. The molecule has 1 N–H and O–H groups in total. The zero-order valence-electron chi connectivity index (χ0n) is 11.5. The highest BCUT2D eigenvalue weighted by molar-refractivity contribution is 5.94. The van der Waals surface area contributed by atoms with Gasteiger partial charge in [-0.1, -0.05) is 6.92 Å². The molecule has 106 valence electrons. The fourth-order valence-electron chi connectivity index (χ4n) is 2.01. The topological polar surface area (TPSA) is 78.3 Å². The lowest BCUT2D eigenvalue weighted by Crippen LogP contribution is -2.45. The molecule has 0 spiro atoms. The Morgan fingerprint density at radius 2 is 2.55 bits per heavy atom. The van der Waals surface area contributed by atoms with E-state index in [9.17, 15) is 4.79 Å². The van der Waals surface area contributed by atoms with Crippen LogP contribution in [0.4, 0.5) is 5.82 Å². The minimum atomic E-state index is -0.535. The van der Waals surface area contributed by atoms with Gasteiger partial charge in [-0.15, -0.1) is 0 Å². The summed E-state index contributed by atoms with van der Waals surface area (Å²) in [4.78, 5) is 18.2. The maximum atomic E-state index is 12.4.